The highest BCUT2D eigenvalue weighted by Gasteiger charge is 2.44. The van der Waals surface area contributed by atoms with Crippen molar-refractivity contribution in [3.8, 4) is 0 Å². The number of fused-ring (bicyclic) bond motifs is 2. The van der Waals surface area contributed by atoms with Gasteiger partial charge in [-0.3, -0.25) is 0 Å². The normalized spacial score (nSPS) is 13.4. The zero-order valence-corrected chi connectivity index (χ0v) is 18.0. The van der Waals surface area contributed by atoms with Gasteiger partial charge in [-0.2, -0.15) is 0 Å². The van der Waals surface area contributed by atoms with Gasteiger partial charge >= 0.3 is 6.55 Å². The molecule has 0 N–H and O–H groups in total. The second kappa shape index (κ2) is 6.79. The molecule has 29 heavy (non-hydrogen) atoms. The van der Waals surface area contributed by atoms with E-state index in [0.29, 0.717) is 11.3 Å². The lowest BCUT2D eigenvalue weighted by atomic mass is 9.51. The van der Waals surface area contributed by atoms with Crippen molar-refractivity contribution in [3.63, 3.8) is 0 Å². The van der Waals surface area contributed by atoms with Crippen molar-refractivity contribution in [2.24, 2.45) is 0 Å². The Bertz CT molecular complexity index is 983. The molecule has 0 aliphatic rings. The van der Waals surface area contributed by atoms with Gasteiger partial charge in [0.1, 0.15) is 11.2 Å². The molecule has 4 nitrogen and oxygen atoms in total. The average Bonchev–Trinajstić information content (AvgIpc) is 3.23. The Labute approximate surface area is 171 Å². The highest BCUT2D eigenvalue weighted by molar-refractivity contribution is 6.91. The van der Waals surface area contributed by atoms with Gasteiger partial charge in [-0.25, -0.2) is 0 Å². The quantitative estimate of drug-likeness (QED) is 0.439. The van der Waals surface area contributed by atoms with E-state index in [1.807, 2.05) is 102 Å². The molecule has 5 heteroatoms. The van der Waals surface area contributed by atoms with Crippen LogP contribution in [-0.2, 0) is 9.31 Å². The SMILES string of the molecule is CC(C)(C)O[B-](OC(C)(C)C)(c1cc2ccccc2o1)c1cc2ccccc2o1. The Morgan fingerprint density at radius 2 is 1.00 bits per heavy atom. The Balaban J connectivity index is 2.01. The summed E-state index contributed by atoms with van der Waals surface area (Å²) in [6.45, 7) is 9.86. The molecule has 0 saturated heterocycles. The Morgan fingerprint density at radius 1 is 0.621 bits per heavy atom. The second-order valence-corrected chi connectivity index (χ2v) is 9.55. The van der Waals surface area contributed by atoms with E-state index < -0.39 is 17.8 Å². The summed E-state index contributed by atoms with van der Waals surface area (Å²) in [4.78, 5) is 0. The molecule has 2 aromatic heterocycles. The third-order valence-corrected chi connectivity index (χ3v) is 4.68. The van der Waals surface area contributed by atoms with E-state index in [9.17, 15) is 0 Å². The molecule has 152 valence electrons. The Kier molecular flexibility index (Phi) is 4.63. The maximum Gasteiger partial charge on any atom is 0.368 e. The fourth-order valence-corrected chi connectivity index (χ4v) is 3.77. The third kappa shape index (κ3) is 3.98. The van der Waals surface area contributed by atoms with Gasteiger partial charge in [-0.05, 0) is 65.8 Å². The molecular weight excluding hydrogens is 363 g/mol. The average molecular weight is 391 g/mol. The number of hydrogen-bond donors (Lipinski definition) is 0. The molecule has 0 bridgehead atoms. The van der Waals surface area contributed by atoms with Gasteiger partial charge in [-0.15, -0.1) is 0 Å². The summed E-state index contributed by atoms with van der Waals surface area (Å²) < 4.78 is 26.0. The molecule has 0 aliphatic heterocycles. The summed E-state index contributed by atoms with van der Waals surface area (Å²) in [6.07, 6.45) is 0. The zero-order valence-electron chi connectivity index (χ0n) is 18.0. The predicted molar refractivity (Wildman–Crippen MR) is 119 cm³/mol. The number of furan rings is 2. The largest absolute Gasteiger partial charge is 0.553 e. The molecule has 4 aromatic rings. The van der Waals surface area contributed by atoms with Crippen LogP contribution in [0, 0.1) is 0 Å². The first-order chi connectivity index (χ1) is 13.6. The maximum atomic E-state index is 6.69. The number of rotatable bonds is 4. The minimum Gasteiger partial charge on any atom is -0.553 e. The van der Waals surface area contributed by atoms with Crippen molar-refractivity contribution < 1.29 is 18.1 Å². The van der Waals surface area contributed by atoms with Crippen molar-refractivity contribution in [3.05, 3.63) is 60.7 Å². The molecule has 0 radical (unpaired) electrons. The minimum atomic E-state index is -2.23. The molecule has 4 rings (SSSR count). The smallest absolute Gasteiger partial charge is 0.368 e. The van der Waals surface area contributed by atoms with Crippen molar-refractivity contribution in [2.45, 2.75) is 52.7 Å². The molecule has 0 amide bonds. The number of hydrogen-bond acceptors (Lipinski definition) is 4. The van der Waals surface area contributed by atoms with E-state index in [1.54, 1.807) is 0 Å². The predicted octanol–water partition coefficient (Wildman–Crippen LogP) is 5.37. The van der Waals surface area contributed by atoms with E-state index in [-0.39, 0.29) is 0 Å². The first kappa shape index (κ1) is 19.8. The van der Waals surface area contributed by atoms with E-state index in [2.05, 4.69) is 0 Å². The van der Waals surface area contributed by atoms with Crippen molar-refractivity contribution in [2.75, 3.05) is 0 Å². The van der Waals surface area contributed by atoms with Gasteiger partial charge in [0.05, 0.1) is 0 Å². The van der Waals surface area contributed by atoms with Crippen LogP contribution in [0.1, 0.15) is 41.5 Å². The first-order valence-electron chi connectivity index (χ1n) is 10.1. The Hall–Kier alpha value is -2.50. The molecule has 0 spiro atoms. The second-order valence-electron chi connectivity index (χ2n) is 9.55. The van der Waals surface area contributed by atoms with Crippen LogP contribution in [0.25, 0.3) is 21.9 Å². The summed E-state index contributed by atoms with van der Waals surface area (Å²) in [6, 6.07) is 19.9. The van der Waals surface area contributed by atoms with Crippen LogP contribution in [0.15, 0.2) is 69.5 Å². The number of para-hydroxylation sites is 2. The van der Waals surface area contributed by atoms with Crippen molar-refractivity contribution in [1.82, 2.24) is 0 Å². The van der Waals surface area contributed by atoms with Crippen LogP contribution in [0.4, 0.5) is 0 Å². The van der Waals surface area contributed by atoms with Gasteiger partial charge in [0.15, 0.2) is 0 Å². The first-order valence-corrected chi connectivity index (χ1v) is 10.1. The molecule has 0 unspecified atom stereocenters. The lowest BCUT2D eigenvalue weighted by Crippen LogP contribution is -2.67. The van der Waals surface area contributed by atoms with Gasteiger partial charge in [0.25, 0.3) is 0 Å². The summed E-state index contributed by atoms with van der Waals surface area (Å²) in [5.41, 5.74) is 1.83. The Morgan fingerprint density at radius 3 is 1.34 bits per heavy atom. The molecular formula is C24H28BO4-. The lowest BCUT2D eigenvalue weighted by Gasteiger charge is -2.48. The van der Waals surface area contributed by atoms with Crippen LogP contribution >= 0.6 is 0 Å². The van der Waals surface area contributed by atoms with Gasteiger partial charge in [-0.1, -0.05) is 36.4 Å². The monoisotopic (exact) mass is 391 g/mol. The third-order valence-electron chi connectivity index (χ3n) is 4.68. The summed E-state index contributed by atoms with van der Waals surface area (Å²) >= 11 is 0. The standard InChI is InChI=1S/C24H28BO4/c1-23(2,3)28-25(29-24(4,5)6,21-15-17-11-7-9-13-19(17)26-21)22-16-18-12-8-10-14-20(18)27-22/h7-16H,1-6H3/q-1. The van der Waals surface area contributed by atoms with Crippen molar-refractivity contribution >= 4 is 39.8 Å². The molecule has 0 aliphatic carbocycles. The molecule has 0 saturated carbocycles. The summed E-state index contributed by atoms with van der Waals surface area (Å²) in [7, 11) is 0. The topological polar surface area (TPSA) is 44.7 Å². The van der Waals surface area contributed by atoms with E-state index in [0.717, 1.165) is 21.9 Å². The van der Waals surface area contributed by atoms with Crippen LogP contribution in [-0.4, -0.2) is 17.8 Å². The molecule has 2 heterocycles. The van der Waals surface area contributed by atoms with Crippen LogP contribution in [0.3, 0.4) is 0 Å². The molecule has 0 fully saturated rings. The fourth-order valence-electron chi connectivity index (χ4n) is 3.77. The van der Waals surface area contributed by atoms with Crippen LogP contribution in [0.5, 0.6) is 0 Å². The summed E-state index contributed by atoms with van der Waals surface area (Å²) in [5.74, 6) is 0. The molecule has 2 aromatic carbocycles. The van der Waals surface area contributed by atoms with Gasteiger partial charge in [0.2, 0.25) is 0 Å². The van der Waals surface area contributed by atoms with E-state index in [4.69, 9.17) is 18.1 Å². The fraction of sp³-hybridized carbons (Fsp3) is 0.333. The van der Waals surface area contributed by atoms with Gasteiger partial charge < -0.3 is 18.1 Å². The maximum absolute atomic E-state index is 6.69. The zero-order chi connectivity index (χ0) is 20.9. The van der Waals surface area contributed by atoms with Crippen LogP contribution in [0.2, 0.25) is 0 Å². The number of benzene rings is 2. The highest BCUT2D eigenvalue weighted by atomic mass is 16.6. The van der Waals surface area contributed by atoms with Gasteiger partial charge in [0, 0.05) is 33.3 Å². The summed E-state index contributed by atoms with van der Waals surface area (Å²) in [5, 5.41) is 2.00. The van der Waals surface area contributed by atoms with E-state index in [1.165, 1.54) is 0 Å². The minimum absolute atomic E-state index is 0.497. The highest BCUT2D eigenvalue weighted by Crippen LogP contribution is 2.28. The van der Waals surface area contributed by atoms with Crippen LogP contribution < -0.4 is 11.3 Å². The molecule has 0 atom stereocenters. The van der Waals surface area contributed by atoms with Crippen molar-refractivity contribution in [1.29, 1.82) is 0 Å². The lowest BCUT2D eigenvalue weighted by molar-refractivity contribution is 0.0254. The van der Waals surface area contributed by atoms with E-state index >= 15 is 0 Å².